The highest BCUT2D eigenvalue weighted by molar-refractivity contribution is 5.76. The van der Waals surface area contributed by atoms with Gasteiger partial charge in [0.15, 0.2) is 0 Å². The van der Waals surface area contributed by atoms with Crippen molar-refractivity contribution in [2.75, 3.05) is 26.8 Å². The molecule has 1 saturated heterocycles. The van der Waals surface area contributed by atoms with E-state index in [0.717, 1.165) is 19.5 Å². The second kappa shape index (κ2) is 7.63. The molecule has 2 unspecified atom stereocenters. The highest BCUT2D eigenvalue weighted by Crippen LogP contribution is 2.14. The van der Waals surface area contributed by atoms with Crippen LogP contribution in [0.3, 0.4) is 0 Å². The highest BCUT2D eigenvalue weighted by atomic mass is 16.5. The van der Waals surface area contributed by atoms with Crippen molar-refractivity contribution in [3.63, 3.8) is 0 Å². The van der Waals surface area contributed by atoms with E-state index in [1.54, 1.807) is 7.11 Å². The van der Waals surface area contributed by atoms with E-state index >= 15 is 0 Å². The minimum Gasteiger partial charge on any atom is -0.385 e. The molecule has 0 radical (unpaired) electrons. The van der Waals surface area contributed by atoms with E-state index in [-0.39, 0.29) is 11.9 Å². The maximum Gasteiger partial charge on any atom is 0.220 e. The lowest BCUT2D eigenvalue weighted by Gasteiger charge is -2.28. The van der Waals surface area contributed by atoms with Crippen molar-refractivity contribution < 1.29 is 9.53 Å². The number of nitrogens with one attached hydrogen (secondary N) is 2. The summed E-state index contributed by atoms with van der Waals surface area (Å²) in [4.78, 5) is 11.6. The van der Waals surface area contributed by atoms with E-state index in [0.29, 0.717) is 18.9 Å². The van der Waals surface area contributed by atoms with Gasteiger partial charge in [-0.3, -0.25) is 4.79 Å². The molecule has 0 aliphatic carbocycles. The molecule has 4 heteroatoms. The van der Waals surface area contributed by atoms with Gasteiger partial charge in [-0.2, -0.15) is 0 Å². The van der Waals surface area contributed by atoms with Gasteiger partial charge < -0.3 is 15.4 Å². The molecule has 0 aromatic rings. The van der Waals surface area contributed by atoms with Crippen molar-refractivity contribution >= 4 is 5.91 Å². The first-order valence-corrected chi connectivity index (χ1v) is 6.23. The van der Waals surface area contributed by atoms with Crippen molar-refractivity contribution in [2.45, 2.75) is 38.6 Å². The molecule has 0 aromatic carbocycles. The van der Waals surface area contributed by atoms with Crippen molar-refractivity contribution in [1.29, 1.82) is 0 Å². The smallest absolute Gasteiger partial charge is 0.220 e. The largest absolute Gasteiger partial charge is 0.385 e. The van der Waals surface area contributed by atoms with Gasteiger partial charge in [0.1, 0.15) is 0 Å². The van der Waals surface area contributed by atoms with E-state index in [1.165, 1.54) is 12.8 Å². The average Bonchev–Trinajstić information content (AvgIpc) is 2.30. The molecular formula is C12H24N2O2. The summed E-state index contributed by atoms with van der Waals surface area (Å²) < 4.78 is 4.92. The van der Waals surface area contributed by atoms with Crippen LogP contribution < -0.4 is 10.6 Å². The first-order chi connectivity index (χ1) is 7.74. The molecule has 0 saturated carbocycles. The van der Waals surface area contributed by atoms with Gasteiger partial charge in [0, 0.05) is 26.2 Å². The lowest BCUT2D eigenvalue weighted by atomic mass is 9.93. The third kappa shape index (κ3) is 4.94. The number of carbonyl (C=O) groups is 1. The number of carbonyl (C=O) groups excluding carboxylic acids is 1. The van der Waals surface area contributed by atoms with E-state index in [9.17, 15) is 4.79 Å². The number of piperidine rings is 1. The molecule has 0 aromatic heterocycles. The fourth-order valence-electron chi connectivity index (χ4n) is 2.13. The molecule has 0 bridgehead atoms. The van der Waals surface area contributed by atoms with Gasteiger partial charge in [-0.25, -0.2) is 0 Å². The molecule has 1 rings (SSSR count). The Bertz CT molecular complexity index is 203. The molecule has 1 aliphatic heterocycles. The van der Waals surface area contributed by atoms with Gasteiger partial charge in [0.25, 0.3) is 0 Å². The van der Waals surface area contributed by atoms with Crippen molar-refractivity contribution in [1.82, 2.24) is 10.6 Å². The van der Waals surface area contributed by atoms with Gasteiger partial charge in [-0.1, -0.05) is 0 Å². The van der Waals surface area contributed by atoms with Crippen LogP contribution in [0.25, 0.3) is 0 Å². The van der Waals surface area contributed by atoms with Crippen LogP contribution in [0.1, 0.15) is 32.6 Å². The Morgan fingerprint density at radius 3 is 3.06 bits per heavy atom. The van der Waals surface area contributed by atoms with Crippen molar-refractivity contribution in [3.05, 3.63) is 0 Å². The zero-order valence-electron chi connectivity index (χ0n) is 10.4. The van der Waals surface area contributed by atoms with Gasteiger partial charge in [-0.05, 0) is 45.2 Å². The molecular weight excluding hydrogens is 204 g/mol. The number of ether oxygens (including phenoxy) is 1. The van der Waals surface area contributed by atoms with Crippen LogP contribution in [0.15, 0.2) is 0 Å². The minimum absolute atomic E-state index is 0.148. The summed E-state index contributed by atoms with van der Waals surface area (Å²) in [5, 5.41) is 6.44. The summed E-state index contributed by atoms with van der Waals surface area (Å²) in [6.07, 6.45) is 3.80. The molecule has 1 heterocycles. The molecule has 1 fully saturated rings. The van der Waals surface area contributed by atoms with Crippen LogP contribution >= 0.6 is 0 Å². The van der Waals surface area contributed by atoms with Crippen LogP contribution in [-0.4, -0.2) is 38.8 Å². The summed E-state index contributed by atoms with van der Waals surface area (Å²) in [6, 6.07) is 0.280. The van der Waals surface area contributed by atoms with Crippen LogP contribution in [0, 0.1) is 5.92 Å². The Balaban J connectivity index is 2.16. The minimum atomic E-state index is 0.148. The maximum absolute atomic E-state index is 11.6. The van der Waals surface area contributed by atoms with Crippen LogP contribution in [0.2, 0.25) is 0 Å². The molecule has 1 amide bonds. The first-order valence-electron chi connectivity index (χ1n) is 6.23. The maximum atomic E-state index is 11.6. The van der Waals surface area contributed by atoms with Crippen LogP contribution in [0.5, 0.6) is 0 Å². The molecule has 0 spiro atoms. The molecule has 1 aliphatic rings. The van der Waals surface area contributed by atoms with E-state index in [4.69, 9.17) is 4.74 Å². The number of rotatable bonds is 6. The lowest BCUT2D eigenvalue weighted by molar-refractivity contribution is -0.122. The monoisotopic (exact) mass is 228 g/mol. The Morgan fingerprint density at radius 2 is 2.44 bits per heavy atom. The quantitative estimate of drug-likeness (QED) is 0.665. The SMILES string of the molecule is COCCCC(=O)NC(C)C1CCCNC1. The molecule has 4 nitrogen and oxygen atoms in total. The second-order valence-electron chi connectivity index (χ2n) is 4.56. The summed E-state index contributed by atoms with van der Waals surface area (Å²) >= 11 is 0. The summed E-state index contributed by atoms with van der Waals surface area (Å²) in [5.41, 5.74) is 0. The lowest BCUT2D eigenvalue weighted by Crippen LogP contribution is -2.44. The number of methoxy groups -OCH3 is 1. The Labute approximate surface area is 98.1 Å². The van der Waals surface area contributed by atoms with Crippen molar-refractivity contribution in [3.8, 4) is 0 Å². The van der Waals surface area contributed by atoms with Crippen LogP contribution in [0.4, 0.5) is 0 Å². The molecule has 2 N–H and O–H groups in total. The normalized spacial score (nSPS) is 22.8. The van der Waals surface area contributed by atoms with Gasteiger partial charge in [0.05, 0.1) is 0 Å². The molecule has 94 valence electrons. The van der Waals surface area contributed by atoms with Crippen LogP contribution in [-0.2, 0) is 9.53 Å². The fraction of sp³-hybridized carbons (Fsp3) is 0.917. The fourth-order valence-corrected chi connectivity index (χ4v) is 2.13. The van der Waals surface area contributed by atoms with E-state index in [2.05, 4.69) is 17.6 Å². The number of hydrogen-bond acceptors (Lipinski definition) is 3. The van der Waals surface area contributed by atoms with Crippen molar-refractivity contribution in [2.24, 2.45) is 5.92 Å². The third-order valence-electron chi connectivity index (χ3n) is 3.18. The number of hydrogen-bond donors (Lipinski definition) is 2. The average molecular weight is 228 g/mol. The topological polar surface area (TPSA) is 50.4 Å². The number of amides is 1. The van der Waals surface area contributed by atoms with Gasteiger partial charge in [-0.15, -0.1) is 0 Å². The zero-order chi connectivity index (χ0) is 11.8. The van der Waals surface area contributed by atoms with E-state index in [1.807, 2.05) is 0 Å². The Morgan fingerprint density at radius 1 is 1.62 bits per heavy atom. The summed E-state index contributed by atoms with van der Waals surface area (Å²) in [7, 11) is 1.66. The zero-order valence-corrected chi connectivity index (χ0v) is 10.4. The molecule has 2 atom stereocenters. The highest BCUT2D eigenvalue weighted by Gasteiger charge is 2.20. The predicted molar refractivity (Wildman–Crippen MR) is 64.3 cm³/mol. The summed E-state index contributed by atoms with van der Waals surface area (Å²) in [5.74, 6) is 0.732. The second-order valence-corrected chi connectivity index (χ2v) is 4.56. The first kappa shape index (κ1) is 13.5. The molecule has 16 heavy (non-hydrogen) atoms. The Hall–Kier alpha value is -0.610. The third-order valence-corrected chi connectivity index (χ3v) is 3.18. The summed E-state index contributed by atoms with van der Waals surface area (Å²) in [6.45, 7) is 4.91. The standard InChI is InChI=1S/C12H24N2O2/c1-10(11-5-3-7-13-9-11)14-12(15)6-4-8-16-2/h10-11,13H,3-9H2,1-2H3,(H,14,15). The van der Waals surface area contributed by atoms with Gasteiger partial charge >= 0.3 is 0 Å². The van der Waals surface area contributed by atoms with E-state index < -0.39 is 0 Å². The van der Waals surface area contributed by atoms with Gasteiger partial charge in [0.2, 0.25) is 5.91 Å². The Kier molecular flexibility index (Phi) is 6.42. The predicted octanol–water partition coefficient (Wildman–Crippen LogP) is 0.917.